The van der Waals surface area contributed by atoms with Gasteiger partial charge in [0.25, 0.3) is 0 Å². The lowest BCUT2D eigenvalue weighted by molar-refractivity contribution is 0.00138. The number of benzene rings is 1. The van der Waals surface area contributed by atoms with E-state index in [1.807, 2.05) is 31.2 Å². The molecule has 1 aromatic carbocycles. The monoisotopic (exact) mass is 235 g/mol. The molecule has 1 aliphatic rings. The van der Waals surface area contributed by atoms with Gasteiger partial charge in [-0.25, -0.2) is 0 Å². The molecule has 2 rings (SSSR count). The van der Waals surface area contributed by atoms with Crippen molar-refractivity contribution in [3.63, 3.8) is 0 Å². The number of hydrogen-bond acceptors (Lipinski definition) is 3. The molecule has 0 radical (unpaired) electrons. The van der Waals surface area contributed by atoms with Crippen molar-refractivity contribution in [1.29, 1.82) is 0 Å². The molecule has 0 saturated heterocycles. The minimum absolute atomic E-state index is 0.00752. The first kappa shape index (κ1) is 12.4. The summed E-state index contributed by atoms with van der Waals surface area (Å²) < 4.78 is 5.68. The van der Waals surface area contributed by atoms with E-state index in [4.69, 9.17) is 10.5 Å². The molecule has 1 saturated carbocycles. The van der Waals surface area contributed by atoms with Crippen molar-refractivity contribution in [2.75, 3.05) is 6.61 Å². The Balaban J connectivity index is 1.96. The van der Waals surface area contributed by atoms with Crippen LogP contribution < -0.4 is 10.5 Å². The summed E-state index contributed by atoms with van der Waals surface area (Å²) in [6, 6.07) is 7.79. The lowest BCUT2D eigenvalue weighted by atomic mass is 10.0. The molecular weight excluding hydrogens is 214 g/mol. The van der Waals surface area contributed by atoms with Crippen molar-refractivity contribution >= 4 is 0 Å². The van der Waals surface area contributed by atoms with Crippen LogP contribution >= 0.6 is 0 Å². The van der Waals surface area contributed by atoms with Crippen molar-refractivity contribution < 1.29 is 9.84 Å². The van der Waals surface area contributed by atoms with Crippen molar-refractivity contribution in [3.05, 3.63) is 29.8 Å². The van der Waals surface area contributed by atoms with Gasteiger partial charge in [-0.15, -0.1) is 0 Å². The molecule has 1 fully saturated rings. The fraction of sp³-hybridized carbons (Fsp3) is 0.571. The maximum atomic E-state index is 10.2. The number of hydrogen-bond donors (Lipinski definition) is 2. The van der Waals surface area contributed by atoms with Gasteiger partial charge in [-0.3, -0.25) is 0 Å². The number of ether oxygens (including phenoxy) is 1. The van der Waals surface area contributed by atoms with Gasteiger partial charge >= 0.3 is 0 Å². The number of nitrogens with two attached hydrogens (primary N) is 1. The Bertz CT molecular complexity index is 370. The van der Waals surface area contributed by atoms with Crippen LogP contribution in [0.4, 0.5) is 0 Å². The third kappa shape index (κ3) is 3.20. The van der Waals surface area contributed by atoms with Crippen LogP contribution in [-0.2, 0) is 0 Å². The molecule has 0 heterocycles. The summed E-state index contributed by atoms with van der Waals surface area (Å²) in [5.74, 6) is 0.792. The third-order valence-electron chi connectivity index (χ3n) is 3.43. The van der Waals surface area contributed by atoms with E-state index in [-0.39, 0.29) is 6.04 Å². The molecule has 1 aliphatic carbocycles. The van der Waals surface area contributed by atoms with Crippen molar-refractivity contribution in [1.82, 2.24) is 0 Å². The fourth-order valence-electron chi connectivity index (χ4n) is 2.28. The van der Waals surface area contributed by atoms with Gasteiger partial charge in [0.2, 0.25) is 0 Å². The van der Waals surface area contributed by atoms with Crippen LogP contribution in [0.2, 0.25) is 0 Å². The summed E-state index contributed by atoms with van der Waals surface area (Å²) in [4.78, 5) is 0. The molecule has 3 N–H and O–H groups in total. The topological polar surface area (TPSA) is 55.5 Å². The summed E-state index contributed by atoms with van der Waals surface area (Å²) in [7, 11) is 0. The van der Waals surface area contributed by atoms with Crippen LogP contribution in [0, 0.1) is 0 Å². The Morgan fingerprint density at radius 3 is 2.76 bits per heavy atom. The van der Waals surface area contributed by atoms with Gasteiger partial charge in [0.05, 0.1) is 5.60 Å². The molecule has 94 valence electrons. The van der Waals surface area contributed by atoms with Crippen molar-refractivity contribution in [3.8, 4) is 5.75 Å². The average molecular weight is 235 g/mol. The Morgan fingerprint density at radius 1 is 1.41 bits per heavy atom. The Kier molecular flexibility index (Phi) is 3.69. The first-order valence-electron chi connectivity index (χ1n) is 6.30. The highest BCUT2D eigenvalue weighted by Crippen LogP contribution is 2.30. The molecule has 1 atom stereocenters. The maximum absolute atomic E-state index is 10.2. The third-order valence-corrected chi connectivity index (χ3v) is 3.43. The zero-order valence-corrected chi connectivity index (χ0v) is 10.4. The van der Waals surface area contributed by atoms with E-state index in [1.165, 1.54) is 0 Å². The van der Waals surface area contributed by atoms with Crippen molar-refractivity contribution in [2.45, 2.75) is 44.2 Å². The van der Waals surface area contributed by atoms with E-state index in [9.17, 15) is 5.11 Å². The van der Waals surface area contributed by atoms with Gasteiger partial charge in [-0.2, -0.15) is 0 Å². The van der Waals surface area contributed by atoms with Crippen LogP contribution in [-0.4, -0.2) is 17.3 Å². The van der Waals surface area contributed by atoms with Crippen LogP contribution in [0.3, 0.4) is 0 Å². The Morgan fingerprint density at radius 2 is 2.12 bits per heavy atom. The molecule has 0 aliphatic heterocycles. The van der Waals surface area contributed by atoms with Gasteiger partial charge < -0.3 is 15.6 Å². The standard InChI is InChI=1S/C14H21NO2/c1-11(15)12-5-4-6-13(9-12)17-10-14(16)7-2-3-8-14/h4-6,9,11,16H,2-3,7-8,10,15H2,1H3/t11-/m1/s1. The quantitative estimate of drug-likeness (QED) is 0.842. The molecular formula is C14H21NO2. The van der Waals surface area contributed by atoms with E-state index < -0.39 is 5.60 Å². The van der Waals surface area contributed by atoms with E-state index in [1.54, 1.807) is 0 Å². The fourth-order valence-corrected chi connectivity index (χ4v) is 2.28. The highest BCUT2D eigenvalue weighted by molar-refractivity contribution is 5.30. The summed E-state index contributed by atoms with van der Waals surface area (Å²) in [6.45, 7) is 2.33. The van der Waals surface area contributed by atoms with Gasteiger partial charge in [0, 0.05) is 6.04 Å². The molecule has 0 spiro atoms. The predicted molar refractivity (Wildman–Crippen MR) is 68.0 cm³/mol. The minimum atomic E-state index is -0.621. The first-order valence-corrected chi connectivity index (χ1v) is 6.30. The lowest BCUT2D eigenvalue weighted by Crippen LogP contribution is -2.32. The number of aliphatic hydroxyl groups is 1. The first-order chi connectivity index (χ1) is 8.09. The van der Waals surface area contributed by atoms with Crippen LogP contribution in [0.5, 0.6) is 5.75 Å². The van der Waals surface area contributed by atoms with E-state index in [2.05, 4.69) is 0 Å². The van der Waals surface area contributed by atoms with Crippen LogP contribution in [0.15, 0.2) is 24.3 Å². The molecule has 1 aromatic rings. The summed E-state index contributed by atoms with van der Waals surface area (Å²) in [5, 5.41) is 10.2. The maximum Gasteiger partial charge on any atom is 0.119 e. The van der Waals surface area contributed by atoms with Crippen LogP contribution in [0.25, 0.3) is 0 Å². The lowest BCUT2D eigenvalue weighted by Gasteiger charge is -2.22. The normalized spacial score (nSPS) is 20.2. The molecule has 0 bridgehead atoms. The highest BCUT2D eigenvalue weighted by atomic mass is 16.5. The predicted octanol–water partition coefficient (Wildman–Crippen LogP) is 2.39. The minimum Gasteiger partial charge on any atom is -0.491 e. The summed E-state index contributed by atoms with van der Waals surface area (Å²) in [6.07, 6.45) is 3.89. The Labute approximate surface area is 103 Å². The SMILES string of the molecule is C[C@@H](N)c1cccc(OCC2(O)CCCC2)c1. The summed E-state index contributed by atoms with van der Waals surface area (Å²) in [5.41, 5.74) is 6.26. The van der Waals surface area contributed by atoms with E-state index >= 15 is 0 Å². The smallest absolute Gasteiger partial charge is 0.119 e. The van der Waals surface area contributed by atoms with Crippen LogP contribution in [0.1, 0.15) is 44.2 Å². The molecule has 3 nitrogen and oxygen atoms in total. The zero-order chi connectivity index (χ0) is 12.3. The van der Waals surface area contributed by atoms with Gasteiger partial charge in [-0.05, 0) is 37.5 Å². The Hall–Kier alpha value is -1.06. The molecule has 17 heavy (non-hydrogen) atoms. The number of rotatable bonds is 4. The molecule has 0 amide bonds. The molecule has 0 aromatic heterocycles. The summed E-state index contributed by atoms with van der Waals surface area (Å²) >= 11 is 0. The highest BCUT2D eigenvalue weighted by Gasteiger charge is 2.31. The van der Waals surface area contributed by atoms with Crippen molar-refractivity contribution in [2.24, 2.45) is 5.73 Å². The zero-order valence-electron chi connectivity index (χ0n) is 10.4. The van der Waals surface area contributed by atoms with E-state index in [0.29, 0.717) is 6.61 Å². The van der Waals surface area contributed by atoms with Gasteiger partial charge in [0.15, 0.2) is 0 Å². The second kappa shape index (κ2) is 5.07. The average Bonchev–Trinajstić information content (AvgIpc) is 2.75. The second-order valence-corrected chi connectivity index (χ2v) is 5.08. The molecule has 3 heteroatoms. The molecule has 0 unspecified atom stereocenters. The van der Waals surface area contributed by atoms with Gasteiger partial charge in [-0.1, -0.05) is 25.0 Å². The largest absolute Gasteiger partial charge is 0.491 e. The van der Waals surface area contributed by atoms with E-state index in [0.717, 1.165) is 37.0 Å². The van der Waals surface area contributed by atoms with Gasteiger partial charge in [0.1, 0.15) is 12.4 Å². The second-order valence-electron chi connectivity index (χ2n) is 5.08.